The summed E-state index contributed by atoms with van der Waals surface area (Å²) in [4.78, 5) is 23.5. The highest BCUT2D eigenvalue weighted by Crippen LogP contribution is 2.46. The lowest BCUT2D eigenvalue weighted by atomic mass is 9.90. The SMILES string of the molecule is CC(C)c1cccc([C@H](C)C2CC2)c1OC(=O)COC(=O)[C@H](C)N.Cl. The third-order valence-electron chi connectivity index (χ3n) is 4.44. The molecule has 0 aromatic heterocycles. The van der Waals surface area contributed by atoms with E-state index in [0.717, 1.165) is 11.1 Å². The third kappa shape index (κ3) is 5.72. The first-order valence-corrected chi connectivity index (χ1v) is 8.57. The molecule has 0 heterocycles. The number of hydrogen-bond donors (Lipinski definition) is 1. The molecule has 2 N–H and O–H groups in total. The monoisotopic (exact) mass is 369 g/mol. The van der Waals surface area contributed by atoms with Crippen LogP contribution >= 0.6 is 12.4 Å². The Morgan fingerprint density at radius 3 is 2.28 bits per heavy atom. The quantitative estimate of drug-likeness (QED) is 0.587. The zero-order chi connectivity index (χ0) is 17.9. The predicted molar refractivity (Wildman–Crippen MR) is 99.2 cm³/mol. The molecule has 0 amide bonds. The molecule has 6 heteroatoms. The van der Waals surface area contributed by atoms with E-state index in [1.165, 1.54) is 19.8 Å². The van der Waals surface area contributed by atoms with Crippen molar-refractivity contribution < 1.29 is 19.1 Å². The van der Waals surface area contributed by atoms with Gasteiger partial charge in [0.05, 0.1) is 0 Å². The van der Waals surface area contributed by atoms with Gasteiger partial charge in [-0.2, -0.15) is 0 Å². The Bertz CT molecular complexity index is 611. The molecule has 1 aliphatic carbocycles. The lowest BCUT2D eigenvalue weighted by Crippen LogP contribution is -2.31. The summed E-state index contributed by atoms with van der Waals surface area (Å²) in [6, 6.07) is 5.25. The maximum Gasteiger partial charge on any atom is 0.349 e. The Hall–Kier alpha value is -1.59. The zero-order valence-electron chi connectivity index (χ0n) is 15.3. The van der Waals surface area contributed by atoms with Gasteiger partial charge in [-0.1, -0.05) is 39.0 Å². The van der Waals surface area contributed by atoms with Gasteiger partial charge >= 0.3 is 11.9 Å². The number of para-hydroxylation sites is 1. The van der Waals surface area contributed by atoms with Crippen LogP contribution in [0, 0.1) is 5.92 Å². The highest BCUT2D eigenvalue weighted by atomic mass is 35.5. The van der Waals surface area contributed by atoms with Crippen molar-refractivity contribution >= 4 is 24.3 Å². The van der Waals surface area contributed by atoms with E-state index < -0.39 is 24.6 Å². The van der Waals surface area contributed by atoms with Crippen LogP contribution in [0.1, 0.15) is 63.5 Å². The Morgan fingerprint density at radius 1 is 1.16 bits per heavy atom. The van der Waals surface area contributed by atoms with Crippen molar-refractivity contribution in [2.24, 2.45) is 11.7 Å². The smallest absolute Gasteiger partial charge is 0.349 e. The van der Waals surface area contributed by atoms with Crippen molar-refractivity contribution in [1.82, 2.24) is 0 Å². The first kappa shape index (κ1) is 21.5. The molecule has 0 aliphatic heterocycles. The van der Waals surface area contributed by atoms with Gasteiger partial charge in [-0.05, 0) is 48.6 Å². The minimum absolute atomic E-state index is 0. The zero-order valence-corrected chi connectivity index (χ0v) is 16.1. The summed E-state index contributed by atoms with van der Waals surface area (Å²) < 4.78 is 10.5. The molecule has 1 aromatic rings. The number of benzene rings is 1. The second-order valence-corrected chi connectivity index (χ2v) is 6.92. The number of esters is 2. The Balaban J connectivity index is 0.00000312. The van der Waals surface area contributed by atoms with Crippen LogP contribution in [0.3, 0.4) is 0 Å². The van der Waals surface area contributed by atoms with Crippen LogP contribution in [0.5, 0.6) is 5.75 Å². The van der Waals surface area contributed by atoms with Gasteiger partial charge in [-0.25, -0.2) is 4.79 Å². The molecule has 0 bridgehead atoms. The van der Waals surface area contributed by atoms with Gasteiger partial charge < -0.3 is 15.2 Å². The number of ether oxygens (including phenoxy) is 2. The van der Waals surface area contributed by atoms with Crippen LogP contribution in [-0.4, -0.2) is 24.6 Å². The number of hydrogen-bond acceptors (Lipinski definition) is 5. The molecule has 1 saturated carbocycles. The van der Waals surface area contributed by atoms with Crippen molar-refractivity contribution in [3.63, 3.8) is 0 Å². The minimum Gasteiger partial charge on any atom is -0.453 e. The van der Waals surface area contributed by atoms with Crippen molar-refractivity contribution in [1.29, 1.82) is 0 Å². The molecule has 25 heavy (non-hydrogen) atoms. The second-order valence-electron chi connectivity index (χ2n) is 6.92. The topological polar surface area (TPSA) is 78.6 Å². The number of nitrogens with two attached hydrogens (primary N) is 1. The average Bonchev–Trinajstić information content (AvgIpc) is 3.36. The van der Waals surface area contributed by atoms with Crippen molar-refractivity contribution in [3.8, 4) is 5.75 Å². The fraction of sp³-hybridized carbons (Fsp3) is 0.579. The van der Waals surface area contributed by atoms with Gasteiger partial charge in [-0.3, -0.25) is 4.79 Å². The Labute approximate surface area is 155 Å². The molecular weight excluding hydrogens is 342 g/mol. The molecule has 140 valence electrons. The van der Waals surface area contributed by atoms with Crippen molar-refractivity contribution in [2.45, 2.75) is 58.4 Å². The van der Waals surface area contributed by atoms with Crippen molar-refractivity contribution in [3.05, 3.63) is 29.3 Å². The summed E-state index contributed by atoms with van der Waals surface area (Å²) in [6.45, 7) is 7.38. The molecule has 2 atom stereocenters. The van der Waals surface area contributed by atoms with Gasteiger partial charge in [-0.15, -0.1) is 12.4 Å². The maximum atomic E-state index is 12.1. The highest BCUT2D eigenvalue weighted by Gasteiger charge is 2.32. The summed E-state index contributed by atoms with van der Waals surface area (Å²) in [5.74, 6) is 0.649. The highest BCUT2D eigenvalue weighted by molar-refractivity contribution is 5.85. The summed E-state index contributed by atoms with van der Waals surface area (Å²) in [5, 5.41) is 0. The second kappa shape index (κ2) is 9.20. The van der Waals surface area contributed by atoms with Crippen LogP contribution in [0.15, 0.2) is 18.2 Å². The summed E-state index contributed by atoms with van der Waals surface area (Å²) in [6.07, 6.45) is 2.43. The van der Waals surface area contributed by atoms with Crippen LogP contribution in [0.4, 0.5) is 0 Å². The third-order valence-corrected chi connectivity index (χ3v) is 4.44. The first-order valence-electron chi connectivity index (χ1n) is 8.57. The molecule has 0 radical (unpaired) electrons. The number of carbonyl (C=O) groups excluding carboxylic acids is 2. The van der Waals surface area contributed by atoms with Gasteiger partial charge in [0.15, 0.2) is 6.61 Å². The average molecular weight is 370 g/mol. The van der Waals surface area contributed by atoms with Gasteiger partial charge in [0, 0.05) is 0 Å². The van der Waals surface area contributed by atoms with Crippen LogP contribution in [0.25, 0.3) is 0 Å². The largest absolute Gasteiger partial charge is 0.453 e. The first-order chi connectivity index (χ1) is 11.3. The molecule has 1 fully saturated rings. The number of carbonyl (C=O) groups is 2. The van der Waals surface area contributed by atoms with E-state index in [0.29, 0.717) is 17.6 Å². The summed E-state index contributed by atoms with van der Waals surface area (Å²) in [7, 11) is 0. The molecule has 1 aromatic carbocycles. The van der Waals surface area contributed by atoms with E-state index in [4.69, 9.17) is 15.2 Å². The van der Waals surface area contributed by atoms with E-state index in [9.17, 15) is 9.59 Å². The van der Waals surface area contributed by atoms with E-state index in [2.05, 4.69) is 20.8 Å². The molecular formula is C19H28ClNO4. The normalized spacial score (nSPS) is 15.9. The molecule has 0 unspecified atom stereocenters. The van der Waals surface area contributed by atoms with Crippen LogP contribution in [0.2, 0.25) is 0 Å². The van der Waals surface area contributed by atoms with E-state index >= 15 is 0 Å². The fourth-order valence-corrected chi connectivity index (χ4v) is 2.76. The Kier molecular flexibility index (Phi) is 7.90. The van der Waals surface area contributed by atoms with Gasteiger partial charge in [0.25, 0.3) is 0 Å². The summed E-state index contributed by atoms with van der Waals surface area (Å²) >= 11 is 0. The van der Waals surface area contributed by atoms with E-state index in [-0.39, 0.29) is 18.3 Å². The maximum absolute atomic E-state index is 12.1. The van der Waals surface area contributed by atoms with Gasteiger partial charge in [0.2, 0.25) is 0 Å². The molecule has 2 rings (SSSR count). The fourth-order valence-electron chi connectivity index (χ4n) is 2.76. The molecule has 1 aliphatic rings. The number of halogens is 1. The standard InChI is InChI=1S/C19H27NO4.ClH/c1-11(2)15-6-5-7-16(12(3)14-8-9-14)18(15)24-17(21)10-23-19(22)13(4)20;/h5-7,11-14H,8-10,20H2,1-4H3;1H/t12-,13+;/m1./s1. The Morgan fingerprint density at radius 2 is 1.76 bits per heavy atom. The molecule has 0 saturated heterocycles. The predicted octanol–water partition coefficient (Wildman–Crippen LogP) is 3.54. The van der Waals surface area contributed by atoms with E-state index in [1.54, 1.807) is 0 Å². The lowest BCUT2D eigenvalue weighted by molar-refractivity contribution is -0.154. The molecule has 0 spiro atoms. The minimum atomic E-state index is -0.758. The van der Waals surface area contributed by atoms with E-state index in [1.807, 2.05) is 18.2 Å². The van der Waals surface area contributed by atoms with Crippen LogP contribution < -0.4 is 10.5 Å². The molecule has 5 nitrogen and oxygen atoms in total. The summed E-state index contributed by atoms with van der Waals surface area (Å²) in [5.41, 5.74) is 7.46. The van der Waals surface area contributed by atoms with Crippen LogP contribution in [-0.2, 0) is 14.3 Å². The number of rotatable bonds is 7. The van der Waals surface area contributed by atoms with Gasteiger partial charge in [0.1, 0.15) is 11.8 Å². The van der Waals surface area contributed by atoms with Crippen molar-refractivity contribution in [2.75, 3.05) is 6.61 Å². The lowest BCUT2D eigenvalue weighted by Gasteiger charge is -2.20.